The van der Waals surface area contributed by atoms with Crippen LogP contribution >= 0.6 is 11.3 Å². The third-order valence-electron chi connectivity index (χ3n) is 4.36. The van der Waals surface area contributed by atoms with Crippen molar-refractivity contribution in [2.45, 2.75) is 12.8 Å². The largest absolute Gasteiger partial charge is 0.396 e. The van der Waals surface area contributed by atoms with E-state index in [0.29, 0.717) is 6.61 Å². The number of anilines is 1. The van der Waals surface area contributed by atoms with Gasteiger partial charge in [-0.1, -0.05) is 0 Å². The Balaban J connectivity index is 1.53. The molecule has 0 bridgehead atoms. The molecule has 0 radical (unpaired) electrons. The first-order chi connectivity index (χ1) is 9.81. The minimum Gasteiger partial charge on any atom is -0.396 e. The molecule has 1 unspecified atom stereocenters. The van der Waals surface area contributed by atoms with E-state index in [1.807, 2.05) is 11.6 Å². The van der Waals surface area contributed by atoms with Crippen molar-refractivity contribution in [2.24, 2.45) is 5.41 Å². The van der Waals surface area contributed by atoms with Crippen molar-refractivity contribution in [3.8, 4) is 0 Å². The third-order valence-corrected chi connectivity index (χ3v) is 5.19. The van der Waals surface area contributed by atoms with Crippen molar-refractivity contribution in [1.29, 1.82) is 0 Å². The lowest BCUT2D eigenvalue weighted by atomic mass is 9.82. The van der Waals surface area contributed by atoms with Crippen molar-refractivity contribution in [3.63, 3.8) is 0 Å². The molecule has 2 aliphatic rings. The number of hydrogen-bond donors (Lipinski definition) is 1. The SMILES string of the molecule is OCC1(CN2CCN(c3nccs3)CC2)CCCOC1. The number of aliphatic hydroxyl groups excluding tert-OH is 1. The van der Waals surface area contributed by atoms with Crippen LogP contribution in [-0.2, 0) is 4.74 Å². The van der Waals surface area contributed by atoms with E-state index in [-0.39, 0.29) is 12.0 Å². The van der Waals surface area contributed by atoms with Gasteiger partial charge in [-0.3, -0.25) is 4.90 Å². The fourth-order valence-corrected chi connectivity index (χ4v) is 3.85. The van der Waals surface area contributed by atoms with E-state index < -0.39 is 0 Å². The first-order valence-electron chi connectivity index (χ1n) is 7.37. The molecule has 1 aromatic rings. The van der Waals surface area contributed by atoms with Crippen molar-refractivity contribution in [1.82, 2.24) is 9.88 Å². The van der Waals surface area contributed by atoms with Crippen LogP contribution < -0.4 is 4.90 Å². The Morgan fingerprint density at radius 2 is 2.20 bits per heavy atom. The van der Waals surface area contributed by atoms with Crippen LogP contribution in [0.25, 0.3) is 0 Å². The molecule has 6 heteroatoms. The lowest BCUT2D eigenvalue weighted by molar-refractivity contribution is -0.0558. The first-order valence-corrected chi connectivity index (χ1v) is 8.25. The number of hydrogen-bond acceptors (Lipinski definition) is 6. The zero-order chi connectivity index (χ0) is 13.8. The summed E-state index contributed by atoms with van der Waals surface area (Å²) in [5.41, 5.74) is -0.0401. The van der Waals surface area contributed by atoms with E-state index in [9.17, 15) is 5.11 Å². The number of piperazine rings is 1. The fourth-order valence-electron chi connectivity index (χ4n) is 3.15. The quantitative estimate of drug-likeness (QED) is 0.900. The molecule has 0 amide bonds. The highest BCUT2D eigenvalue weighted by Gasteiger charge is 2.35. The van der Waals surface area contributed by atoms with E-state index in [1.54, 1.807) is 11.3 Å². The van der Waals surface area contributed by atoms with Gasteiger partial charge in [0.1, 0.15) is 0 Å². The molecular formula is C14H23N3O2S. The van der Waals surface area contributed by atoms with Crippen LogP contribution in [0.15, 0.2) is 11.6 Å². The number of nitrogens with zero attached hydrogens (tertiary/aromatic N) is 3. The van der Waals surface area contributed by atoms with Gasteiger partial charge in [0.15, 0.2) is 5.13 Å². The summed E-state index contributed by atoms with van der Waals surface area (Å²) in [7, 11) is 0. The molecule has 3 rings (SSSR count). The Hall–Kier alpha value is -0.690. The lowest BCUT2D eigenvalue weighted by Gasteiger charge is -2.42. The summed E-state index contributed by atoms with van der Waals surface area (Å²) in [6.07, 6.45) is 4.02. The molecule has 1 aromatic heterocycles. The normalized spacial score (nSPS) is 28.8. The van der Waals surface area contributed by atoms with E-state index >= 15 is 0 Å². The smallest absolute Gasteiger partial charge is 0.185 e. The molecule has 3 heterocycles. The molecule has 2 aliphatic heterocycles. The molecular weight excluding hydrogens is 274 g/mol. The average molecular weight is 297 g/mol. The van der Waals surface area contributed by atoms with Gasteiger partial charge in [-0.25, -0.2) is 4.98 Å². The highest BCUT2D eigenvalue weighted by Crippen LogP contribution is 2.30. The summed E-state index contributed by atoms with van der Waals surface area (Å²) in [6.45, 7) is 6.87. The second-order valence-electron chi connectivity index (χ2n) is 5.89. The maximum absolute atomic E-state index is 9.75. The Bertz CT molecular complexity index is 399. The van der Waals surface area contributed by atoms with Crippen molar-refractivity contribution in [3.05, 3.63) is 11.6 Å². The van der Waals surface area contributed by atoms with Crippen LogP contribution in [0.3, 0.4) is 0 Å². The van der Waals surface area contributed by atoms with E-state index in [4.69, 9.17) is 4.74 Å². The number of aromatic nitrogens is 1. The molecule has 1 atom stereocenters. The summed E-state index contributed by atoms with van der Waals surface area (Å²) in [5, 5.41) is 12.9. The average Bonchev–Trinajstić information content (AvgIpc) is 3.03. The minimum absolute atomic E-state index is 0.0401. The lowest BCUT2D eigenvalue weighted by Crippen LogP contribution is -2.52. The van der Waals surface area contributed by atoms with Crippen LogP contribution in [0.4, 0.5) is 5.13 Å². The van der Waals surface area contributed by atoms with E-state index in [1.165, 1.54) is 0 Å². The van der Waals surface area contributed by atoms with Gasteiger partial charge in [-0.15, -0.1) is 11.3 Å². The Labute approximate surface area is 124 Å². The highest BCUT2D eigenvalue weighted by molar-refractivity contribution is 7.13. The van der Waals surface area contributed by atoms with Crippen molar-refractivity contribution in [2.75, 3.05) is 57.4 Å². The molecule has 0 saturated carbocycles. The maximum atomic E-state index is 9.75. The molecule has 0 spiro atoms. The van der Waals surface area contributed by atoms with Gasteiger partial charge >= 0.3 is 0 Å². The van der Waals surface area contributed by atoms with Crippen LogP contribution in [-0.4, -0.2) is 67.5 Å². The fraction of sp³-hybridized carbons (Fsp3) is 0.786. The Kier molecular flexibility index (Phi) is 4.55. The van der Waals surface area contributed by atoms with Crippen LogP contribution in [0, 0.1) is 5.41 Å². The summed E-state index contributed by atoms with van der Waals surface area (Å²) in [6, 6.07) is 0. The van der Waals surface area contributed by atoms with Crippen LogP contribution in [0.1, 0.15) is 12.8 Å². The maximum Gasteiger partial charge on any atom is 0.185 e. The molecule has 0 aromatic carbocycles. The van der Waals surface area contributed by atoms with Crippen molar-refractivity contribution >= 4 is 16.5 Å². The summed E-state index contributed by atoms with van der Waals surface area (Å²) in [5.74, 6) is 0. The molecule has 2 fully saturated rings. The van der Waals surface area contributed by atoms with Gasteiger partial charge in [0.05, 0.1) is 13.2 Å². The molecule has 20 heavy (non-hydrogen) atoms. The summed E-state index contributed by atoms with van der Waals surface area (Å²) < 4.78 is 5.59. The standard InChI is InChI=1S/C14H23N3O2S/c18-11-14(2-1-8-19-12-14)10-16-4-6-17(7-5-16)13-15-3-9-20-13/h3,9,18H,1-2,4-8,10-12H2. The van der Waals surface area contributed by atoms with Gasteiger partial charge in [-0.05, 0) is 12.8 Å². The number of aliphatic hydroxyl groups is 1. The first kappa shape index (κ1) is 14.3. The Morgan fingerprint density at radius 1 is 1.35 bits per heavy atom. The summed E-state index contributed by atoms with van der Waals surface area (Å²) >= 11 is 1.71. The predicted octanol–water partition coefficient (Wildman–Crippen LogP) is 1.05. The predicted molar refractivity (Wildman–Crippen MR) is 80.3 cm³/mol. The third kappa shape index (κ3) is 3.14. The number of ether oxygens (including phenoxy) is 1. The zero-order valence-corrected chi connectivity index (χ0v) is 12.6. The molecule has 2 saturated heterocycles. The van der Waals surface area contributed by atoms with Crippen LogP contribution in [0.2, 0.25) is 0 Å². The van der Waals surface area contributed by atoms with Crippen LogP contribution in [0.5, 0.6) is 0 Å². The van der Waals surface area contributed by atoms with Gasteiger partial charge in [0.25, 0.3) is 0 Å². The minimum atomic E-state index is -0.0401. The monoisotopic (exact) mass is 297 g/mol. The Morgan fingerprint density at radius 3 is 2.80 bits per heavy atom. The molecule has 112 valence electrons. The second-order valence-corrected chi connectivity index (χ2v) is 6.77. The van der Waals surface area contributed by atoms with Gasteiger partial charge in [0.2, 0.25) is 0 Å². The van der Waals surface area contributed by atoms with Gasteiger partial charge in [0, 0.05) is 56.3 Å². The number of rotatable bonds is 4. The molecule has 5 nitrogen and oxygen atoms in total. The number of thiazole rings is 1. The van der Waals surface area contributed by atoms with Crippen molar-refractivity contribution < 1.29 is 9.84 Å². The summed E-state index contributed by atoms with van der Waals surface area (Å²) in [4.78, 5) is 9.19. The van der Waals surface area contributed by atoms with E-state index in [0.717, 1.165) is 57.3 Å². The van der Waals surface area contributed by atoms with Gasteiger partial charge in [-0.2, -0.15) is 0 Å². The topological polar surface area (TPSA) is 48.8 Å². The molecule has 0 aliphatic carbocycles. The molecule has 1 N–H and O–H groups in total. The highest BCUT2D eigenvalue weighted by atomic mass is 32.1. The second kappa shape index (κ2) is 6.39. The van der Waals surface area contributed by atoms with E-state index in [2.05, 4.69) is 14.8 Å². The van der Waals surface area contributed by atoms with Gasteiger partial charge < -0.3 is 14.7 Å². The zero-order valence-electron chi connectivity index (χ0n) is 11.8.